The van der Waals surface area contributed by atoms with Crippen LogP contribution < -0.4 is 10.1 Å². The third kappa shape index (κ3) is 2.69. The van der Waals surface area contributed by atoms with Crippen molar-refractivity contribution in [2.24, 2.45) is 0 Å². The van der Waals surface area contributed by atoms with Crippen LogP contribution in [0.25, 0.3) is 0 Å². The predicted molar refractivity (Wildman–Crippen MR) is 70.2 cm³/mol. The average molecular weight is 276 g/mol. The molecule has 8 nitrogen and oxygen atoms in total. The van der Waals surface area contributed by atoms with E-state index in [0.29, 0.717) is 38.2 Å². The lowest BCUT2D eigenvalue weighted by atomic mass is 10.4. The van der Waals surface area contributed by atoms with E-state index >= 15 is 0 Å². The summed E-state index contributed by atoms with van der Waals surface area (Å²) < 4.78 is 12.7. The molecule has 0 spiro atoms. The number of anilines is 1. The maximum atomic E-state index is 5.33. The van der Waals surface area contributed by atoms with Crippen LogP contribution >= 0.6 is 0 Å². The lowest BCUT2D eigenvalue weighted by Gasteiger charge is -2.15. The van der Waals surface area contributed by atoms with Crippen molar-refractivity contribution in [3.63, 3.8) is 0 Å². The summed E-state index contributed by atoms with van der Waals surface area (Å²) in [4.78, 5) is 8.40. The molecule has 0 atom stereocenters. The van der Waals surface area contributed by atoms with E-state index in [0.717, 1.165) is 18.2 Å². The summed E-state index contributed by atoms with van der Waals surface area (Å²) >= 11 is 0. The molecule has 0 radical (unpaired) electrons. The number of rotatable bonds is 5. The van der Waals surface area contributed by atoms with Crippen molar-refractivity contribution in [1.82, 2.24) is 24.7 Å². The molecule has 8 heteroatoms. The fraction of sp³-hybridized carbons (Fsp3) is 0.500. The van der Waals surface area contributed by atoms with E-state index in [1.807, 2.05) is 6.92 Å². The summed E-state index contributed by atoms with van der Waals surface area (Å²) in [5.41, 5.74) is 0. The molecule has 3 heterocycles. The number of hydrogen-bond acceptors (Lipinski definition) is 7. The first-order chi connectivity index (χ1) is 9.86. The highest BCUT2D eigenvalue weighted by molar-refractivity contribution is 5.27. The predicted octanol–water partition coefficient (Wildman–Crippen LogP) is 0.609. The minimum absolute atomic E-state index is 0.514. The highest BCUT2D eigenvalue weighted by atomic mass is 16.5. The Morgan fingerprint density at radius 2 is 2.40 bits per heavy atom. The van der Waals surface area contributed by atoms with Crippen molar-refractivity contribution < 1.29 is 9.47 Å². The first-order valence-corrected chi connectivity index (χ1v) is 6.55. The van der Waals surface area contributed by atoms with Crippen LogP contribution in [0.4, 0.5) is 5.95 Å². The molecular formula is C12H16N6O2. The van der Waals surface area contributed by atoms with Crippen LogP contribution in [-0.2, 0) is 24.4 Å². The number of aromatic nitrogens is 5. The van der Waals surface area contributed by atoms with Crippen LogP contribution in [0.2, 0.25) is 0 Å². The Morgan fingerprint density at radius 3 is 3.30 bits per heavy atom. The van der Waals surface area contributed by atoms with Crippen molar-refractivity contribution in [1.29, 1.82) is 0 Å². The Bertz CT molecular complexity index is 585. The van der Waals surface area contributed by atoms with Crippen LogP contribution in [0.1, 0.15) is 18.6 Å². The third-order valence-electron chi connectivity index (χ3n) is 2.92. The van der Waals surface area contributed by atoms with Gasteiger partial charge in [0.25, 0.3) is 0 Å². The lowest BCUT2D eigenvalue weighted by Crippen LogP contribution is -2.20. The van der Waals surface area contributed by atoms with Crippen molar-refractivity contribution >= 4 is 5.95 Å². The van der Waals surface area contributed by atoms with E-state index in [1.54, 1.807) is 12.3 Å². The topological polar surface area (TPSA) is 87.0 Å². The van der Waals surface area contributed by atoms with Crippen molar-refractivity contribution in [2.45, 2.75) is 26.6 Å². The Hall–Kier alpha value is -2.22. The van der Waals surface area contributed by atoms with Gasteiger partial charge in [-0.3, -0.25) is 0 Å². The van der Waals surface area contributed by atoms with E-state index in [1.165, 1.54) is 0 Å². The number of hydrogen-bond donors (Lipinski definition) is 1. The number of ether oxygens (including phenoxy) is 2. The van der Waals surface area contributed by atoms with Gasteiger partial charge in [-0.25, -0.2) is 4.98 Å². The maximum Gasteiger partial charge on any atom is 0.226 e. The smallest absolute Gasteiger partial charge is 0.226 e. The van der Waals surface area contributed by atoms with Gasteiger partial charge in [-0.2, -0.15) is 4.98 Å². The van der Waals surface area contributed by atoms with Gasteiger partial charge in [0.15, 0.2) is 11.6 Å². The first kappa shape index (κ1) is 12.8. The molecule has 1 aliphatic heterocycles. The molecule has 0 aromatic carbocycles. The molecule has 0 bridgehead atoms. The second-order valence-corrected chi connectivity index (χ2v) is 4.24. The Kier molecular flexibility index (Phi) is 3.73. The zero-order valence-electron chi connectivity index (χ0n) is 11.2. The zero-order chi connectivity index (χ0) is 13.8. The van der Waals surface area contributed by atoms with Gasteiger partial charge in [0, 0.05) is 18.8 Å². The van der Waals surface area contributed by atoms with Gasteiger partial charge in [-0.1, -0.05) is 0 Å². The van der Waals surface area contributed by atoms with Gasteiger partial charge in [-0.05, 0) is 6.92 Å². The third-order valence-corrected chi connectivity index (χ3v) is 2.92. The molecule has 0 saturated carbocycles. The summed E-state index contributed by atoms with van der Waals surface area (Å²) in [7, 11) is 0. The molecular weight excluding hydrogens is 260 g/mol. The van der Waals surface area contributed by atoms with Gasteiger partial charge >= 0.3 is 0 Å². The van der Waals surface area contributed by atoms with E-state index in [4.69, 9.17) is 9.47 Å². The molecule has 3 rings (SSSR count). The summed E-state index contributed by atoms with van der Waals surface area (Å²) in [6, 6.07) is 1.73. The van der Waals surface area contributed by atoms with E-state index in [9.17, 15) is 0 Å². The largest absolute Gasteiger partial charge is 0.478 e. The molecule has 1 N–H and O–H groups in total. The van der Waals surface area contributed by atoms with Crippen LogP contribution in [0.5, 0.6) is 5.88 Å². The van der Waals surface area contributed by atoms with Crippen molar-refractivity contribution in [3.8, 4) is 5.88 Å². The van der Waals surface area contributed by atoms with Crippen molar-refractivity contribution in [3.05, 3.63) is 23.9 Å². The van der Waals surface area contributed by atoms with Crippen LogP contribution in [0.15, 0.2) is 12.3 Å². The monoisotopic (exact) mass is 276 g/mol. The zero-order valence-corrected chi connectivity index (χ0v) is 11.2. The molecule has 106 valence electrons. The molecule has 1 aliphatic rings. The van der Waals surface area contributed by atoms with Crippen LogP contribution in [0.3, 0.4) is 0 Å². The summed E-state index contributed by atoms with van der Waals surface area (Å²) in [5.74, 6) is 2.78. The normalized spacial score (nSPS) is 13.8. The van der Waals surface area contributed by atoms with E-state index in [-0.39, 0.29) is 0 Å². The number of nitrogens with zero attached hydrogens (tertiary/aromatic N) is 5. The molecule has 0 saturated heterocycles. The molecule has 0 fully saturated rings. The molecule has 0 amide bonds. The summed E-state index contributed by atoms with van der Waals surface area (Å²) in [5, 5.41) is 11.4. The second-order valence-electron chi connectivity index (χ2n) is 4.24. The Morgan fingerprint density at radius 1 is 1.45 bits per heavy atom. The van der Waals surface area contributed by atoms with Gasteiger partial charge in [0.2, 0.25) is 11.8 Å². The molecule has 20 heavy (non-hydrogen) atoms. The van der Waals surface area contributed by atoms with Gasteiger partial charge in [0.05, 0.1) is 19.8 Å². The lowest BCUT2D eigenvalue weighted by molar-refractivity contribution is 0.0807. The van der Waals surface area contributed by atoms with Gasteiger partial charge in [-0.15, -0.1) is 10.2 Å². The fourth-order valence-corrected chi connectivity index (χ4v) is 2.00. The molecule has 0 aliphatic carbocycles. The molecule has 2 aromatic heterocycles. The second kappa shape index (κ2) is 5.83. The van der Waals surface area contributed by atoms with E-state index < -0.39 is 0 Å². The minimum Gasteiger partial charge on any atom is -0.478 e. The number of fused-ring (bicyclic) bond motifs is 1. The standard InChI is InChI=1S/C12H16N6O2/c1-2-20-11-3-4-13-12(15-11)14-7-9-16-17-10-8-19-6-5-18(9)10/h3-4H,2,5-8H2,1H3,(H,13,14,15). The summed E-state index contributed by atoms with van der Waals surface area (Å²) in [6.07, 6.45) is 1.66. The Balaban J connectivity index is 1.67. The first-order valence-electron chi connectivity index (χ1n) is 6.55. The quantitative estimate of drug-likeness (QED) is 0.856. The van der Waals surface area contributed by atoms with Gasteiger partial charge < -0.3 is 19.4 Å². The molecule has 2 aromatic rings. The van der Waals surface area contributed by atoms with E-state index in [2.05, 4.69) is 30.0 Å². The minimum atomic E-state index is 0.514. The van der Waals surface area contributed by atoms with Gasteiger partial charge in [0.1, 0.15) is 6.61 Å². The number of nitrogens with one attached hydrogen (secondary N) is 1. The highest BCUT2D eigenvalue weighted by Gasteiger charge is 2.15. The Labute approximate surface area is 116 Å². The maximum absolute atomic E-state index is 5.33. The van der Waals surface area contributed by atoms with Crippen LogP contribution in [-0.4, -0.2) is 37.9 Å². The van der Waals surface area contributed by atoms with Crippen LogP contribution in [0, 0.1) is 0 Å². The summed E-state index contributed by atoms with van der Waals surface area (Å²) in [6.45, 7) is 4.99. The van der Waals surface area contributed by atoms with Crippen molar-refractivity contribution in [2.75, 3.05) is 18.5 Å². The highest BCUT2D eigenvalue weighted by Crippen LogP contribution is 2.12. The average Bonchev–Trinajstić information content (AvgIpc) is 2.89. The SMILES string of the molecule is CCOc1ccnc(NCc2nnc3n2CCOC3)n1. The fourth-order valence-electron chi connectivity index (χ4n) is 2.00. The molecule has 0 unspecified atom stereocenters.